The van der Waals surface area contributed by atoms with E-state index in [4.69, 9.17) is 5.73 Å². The van der Waals surface area contributed by atoms with Crippen molar-refractivity contribution in [3.63, 3.8) is 0 Å². The van der Waals surface area contributed by atoms with Crippen LogP contribution in [-0.2, 0) is 7.05 Å². The molecule has 0 bridgehead atoms. The van der Waals surface area contributed by atoms with Crippen LogP contribution in [-0.4, -0.2) is 26.5 Å². The molecule has 0 unspecified atom stereocenters. The van der Waals surface area contributed by atoms with Crippen molar-refractivity contribution >= 4 is 33.9 Å². The van der Waals surface area contributed by atoms with Crippen LogP contribution >= 0.6 is 0 Å². The van der Waals surface area contributed by atoms with Gasteiger partial charge in [0.15, 0.2) is 5.65 Å². The van der Waals surface area contributed by atoms with Crippen molar-refractivity contribution in [1.29, 1.82) is 0 Å². The highest BCUT2D eigenvalue weighted by atomic mass is 16.1. The number of benzene rings is 1. The molecule has 0 spiro atoms. The Morgan fingerprint density at radius 3 is 2.54 bits per heavy atom. The number of hydrogen-bond acceptors (Lipinski definition) is 4. The van der Waals surface area contributed by atoms with Crippen LogP contribution in [0, 0.1) is 0 Å². The Kier molecular flexibility index (Phi) is 3.59. The zero-order valence-electron chi connectivity index (χ0n) is 13.7. The number of nitrogen functional groups attached to an aromatic ring is 1. The lowest BCUT2D eigenvalue weighted by Crippen LogP contribution is -2.36. The van der Waals surface area contributed by atoms with Gasteiger partial charge in [0, 0.05) is 13.1 Å². The molecule has 2 aromatic heterocycles. The summed E-state index contributed by atoms with van der Waals surface area (Å²) in [4.78, 5) is 22.1. The minimum atomic E-state index is -0.144. The number of hydrogen-bond donors (Lipinski definition) is 2. The van der Waals surface area contributed by atoms with E-state index >= 15 is 0 Å². The van der Waals surface area contributed by atoms with Crippen LogP contribution in [0.2, 0.25) is 0 Å². The van der Waals surface area contributed by atoms with Gasteiger partial charge in [-0.15, -0.1) is 0 Å². The zero-order valence-corrected chi connectivity index (χ0v) is 13.7. The average molecular weight is 323 g/mol. The van der Waals surface area contributed by atoms with Gasteiger partial charge >= 0.3 is 0 Å². The van der Waals surface area contributed by atoms with Gasteiger partial charge in [0.05, 0.1) is 11.0 Å². The van der Waals surface area contributed by atoms with Crippen LogP contribution in [0.1, 0.15) is 42.5 Å². The molecule has 0 radical (unpaired) electrons. The molecular weight excluding hydrogens is 302 g/mol. The molecule has 1 aliphatic rings. The van der Waals surface area contributed by atoms with E-state index in [1.807, 2.05) is 31.3 Å². The fraction of sp³-hybridized carbons (Fsp3) is 0.389. The largest absolute Gasteiger partial charge is 0.384 e. The molecule has 1 amide bonds. The van der Waals surface area contributed by atoms with Gasteiger partial charge in [-0.05, 0) is 25.0 Å². The zero-order chi connectivity index (χ0) is 16.7. The first-order valence-electron chi connectivity index (χ1n) is 8.46. The van der Waals surface area contributed by atoms with Crippen LogP contribution in [0.3, 0.4) is 0 Å². The Balaban J connectivity index is 1.80. The summed E-state index contributed by atoms with van der Waals surface area (Å²) in [6.07, 6.45) is 5.65. The quantitative estimate of drug-likeness (QED) is 0.759. The van der Waals surface area contributed by atoms with Crippen LogP contribution in [0.4, 0.5) is 5.82 Å². The van der Waals surface area contributed by atoms with Crippen molar-refractivity contribution < 1.29 is 4.79 Å². The number of nitrogens with one attached hydrogen (secondary N) is 1. The molecule has 4 rings (SSSR count). The molecule has 2 heterocycles. The molecular formula is C18H21N5O. The number of amides is 1. The molecule has 3 aromatic rings. The van der Waals surface area contributed by atoms with Gasteiger partial charge in [-0.1, -0.05) is 31.4 Å². The first-order valence-corrected chi connectivity index (χ1v) is 8.46. The van der Waals surface area contributed by atoms with E-state index < -0.39 is 0 Å². The van der Waals surface area contributed by atoms with Crippen molar-refractivity contribution in [1.82, 2.24) is 19.9 Å². The molecule has 6 heteroatoms. The number of aryl methyl sites for hydroxylation is 1. The fourth-order valence-electron chi connectivity index (χ4n) is 3.52. The fourth-order valence-corrected chi connectivity index (χ4v) is 3.52. The van der Waals surface area contributed by atoms with Gasteiger partial charge in [0.1, 0.15) is 16.9 Å². The van der Waals surface area contributed by atoms with E-state index in [1.165, 1.54) is 19.3 Å². The van der Waals surface area contributed by atoms with E-state index in [0.717, 1.165) is 23.9 Å². The van der Waals surface area contributed by atoms with Crippen LogP contribution in [0.25, 0.3) is 22.2 Å². The van der Waals surface area contributed by atoms with E-state index in [-0.39, 0.29) is 11.9 Å². The van der Waals surface area contributed by atoms with E-state index in [9.17, 15) is 4.79 Å². The predicted molar refractivity (Wildman–Crippen MR) is 94.8 cm³/mol. The lowest BCUT2D eigenvalue weighted by molar-refractivity contribution is 0.0930. The summed E-state index contributed by atoms with van der Waals surface area (Å²) in [5.41, 5.74) is 9.42. The van der Waals surface area contributed by atoms with Gasteiger partial charge < -0.3 is 15.6 Å². The second-order valence-corrected chi connectivity index (χ2v) is 6.51. The Bertz CT molecular complexity index is 924. The molecule has 24 heavy (non-hydrogen) atoms. The van der Waals surface area contributed by atoms with E-state index in [2.05, 4.69) is 15.3 Å². The van der Waals surface area contributed by atoms with Crippen molar-refractivity contribution in [3.8, 4) is 0 Å². The topological polar surface area (TPSA) is 85.8 Å². The third-order valence-electron chi connectivity index (χ3n) is 4.89. The van der Waals surface area contributed by atoms with Gasteiger partial charge in [-0.2, -0.15) is 0 Å². The lowest BCUT2D eigenvalue weighted by atomic mass is 9.95. The number of nitrogens with two attached hydrogens (primary N) is 1. The highest BCUT2D eigenvalue weighted by Crippen LogP contribution is 2.27. The van der Waals surface area contributed by atoms with Crippen molar-refractivity contribution in [2.24, 2.45) is 7.05 Å². The average Bonchev–Trinajstić information content (AvgIpc) is 2.84. The summed E-state index contributed by atoms with van der Waals surface area (Å²) >= 11 is 0. The first-order chi connectivity index (χ1) is 11.6. The summed E-state index contributed by atoms with van der Waals surface area (Å²) in [5.74, 6) is 0.267. The highest BCUT2D eigenvalue weighted by Gasteiger charge is 2.24. The Morgan fingerprint density at radius 1 is 1.17 bits per heavy atom. The number of para-hydroxylation sites is 2. The Hall–Kier alpha value is -2.63. The Morgan fingerprint density at radius 2 is 1.83 bits per heavy atom. The highest BCUT2D eigenvalue weighted by molar-refractivity contribution is 6.10. The third-order valence-corrected chi connectivity index (χ3v) is 4.89. The molecule has 1 aromatic carbocycles. The number of rotatable bonds is 2. The number of carbonyl (C=O) groups excluding carboxylic acids is 1. The standard InChI is InChI=1S/C18H21N5O/c1-23-16(19)14(18(24)20-11-7-3-2-4-8-11)15-17(23)22-13-10-6-5-9-12(13)21-15/h5-6,9-11H,2-4,7-8,19H2,1H3,(H,20,24). The molecule has 1 fully saturated rings. The van der Waals surface area contributed by atoms with Crippen molar-refractivity contribution in [2.75, 3.05) is 5.73 Å². The molecule has 0 aliphatic heterocycles. The van der Waals surface area contributed by atoms with Crippen LogP contribution < -0.4 is 11.1 Å². The molecule has 1 aliphatic carbocycles. The smallest absolute Gasteiger partial charge is 0.257 e. The summed E-state index contributed by atoms with van der Waals surface area (Å²) in [6.45, 7) is 0. The molecule has 124 valence electrons. The van der Waals surface area contributed by atoms with Gasteiger partial charge in [0.25, 0.3) is 5.91 Å². The number of aromatic nitrogens is 3. The number of fused-ring (bicyclic) bond motifs is 2. The third kappa shape index (κ3) is 2.38. The minimum Gasteiger partial charge on any atom is -0.384 e. The maximum Gasteiger partial charge on any atom is 0.257 e. The summed E-state index contributed by atoms with van der Waals surface area (Å²) in [7, 11) is 1.82. The monoisotopic (exact) mass is 323 g/mol. The maximum atomic E-state index is 12.8. The van der Waals surface area contributed by atoms with E-state index in [0.29, 0.717) is 22.5 Å². The SMILES string of the molecule is Cn1c(N)c(C(=O)NC2CCCCC2)c2nc3ccccc3nc21. The molecule has 0 atom stereocenters. The summed E-state index contributed by atoms with van der Waals surface area (Å²) in [5, 5.41) is 3.13. The van der Waals surface area contributed by atoms with Crippen LogP contribution in [0.5, 0.6) is 0 Å². The maximum absolute atomic E-state index is 12.8. The first kappa shape index (κ1) is 14.9. The van der Waals surface area contributed by atoms with Gasteiger partial charge in [-0.3, -0.25) is 4.79 Å². The summed E-state index contributed by atoms with van der Waals surface area (Å²) < 4.78 is 1.74. The second-order valence-electron chi connectivity index (χ2n) is 6.51. The van der Waals surface area contributed by atoms with Gasteiger partial charge in [-0.25, -0.2) is 9.97 Å². The van der Waals surface area contributed by atoms with Crippen molar-refractivity contribution in [2.45, 2.75) is 38.1 Å². The molecule has 6 nitrogen and oxygen atoms in total. The lowest BCUT2D eigenvalue weighted by Gasteiger charge is -2.22. The number of anilines is 1. The second kappa shape index (κ2) is 5.78. The Labute approximate surface area is 140 Å². The number of carbonyl (C=O) groups is 1. The van der Waals surface area contributed by atoms with Gasteiger partial charge in [0.2, 0.25) is 0 Å². The number of nitrogens with zero attached hydrogens (tertiary/aromatic N) is 3. The minimum absolute atomic E-state index is 0.144. The van der Waals surface area contributed by atoms with E-state index in [1.54, 1.807) is 4.57 Å². The predicted octanol–water partition coefficient (Wildman–Crippen LogP) is 2.77. The molecule has 0 saturated heterocycles. The normalized spacial score (nSPS) is 15.9. The summed E-state index contributed by atoms with van der Waals surface area (Å²) in [6, 6.07) is 7.87. The van der Waals surface area contributed by atoms with Crippen molar-refractivity contribution in [3.05, 3.63) is 29.8 Å². The molecule has 3 N–H and O–H groups in total. The van der Waals surface area contributed by atoms with Crippen LogP contribution in [0.15, 0.2) is 24.3 Å². The molecule has 1 saturated carbocycles.